The molecule has 0 aromatic heterocycles. The second-order valence-electron chi connectivity index (χ2n) is 3.37. The SMILES string of the molecule is O=Cc1cccc(OCC(=O)NCC(F)(F)F)c1. The molecule has 0 saturated heterocycles. The van der Waals surface area contributed by atoms with Gasteiger partial charge in [0.1, 0.15) is 18.6 Å². The van der Waals surface area contributed by atoms with E-state index in [2.05, 4.69) is 0 Å². The monoisotopic (exact) mass is 261 g/mol. The van der Waals surface area contributed by atoms with Crippen molar-refractivity contribution in [1.82, 2.24) is 5.32 Å². The highest BCUT2D eigenvalue weighted by Crippen LogP contribution is 2.13. The molecular weight excluding hydrogens is 251 g/mol. The average molecular weight is 261 g/mol. The summed E-state index contributed by atoms with van der Waals surface area (Å²) < 4.78 is 40.3. The number of benzene rings is 1. The third-order valence-corrected chi connectivity index (χ3v) is 1.85. The first-order chi connectivity index (χ1) is 8.40. The normalized spacial score (nSPS) is 10.8. The molecular formula is C11H10F3NO3. The summed E-state index contributed by atoms with van der Waals surface area (Å²) in [5.74, 6) is -0.648. The quantitative estimate of drug-likeness (QED) is 0.818. The standard InChI is InChI=1S/C11H10F3NO3/c12-11(13,14)7-15-10(17)6-18-9-3-1-2-8(4-9)5-16/h1-5H,6-7H2,(H,15,17). The Kier molecular flexibility index (Phi) is 4.70. The van der Waals surface area contributed by atoms with E-state index in [0.717, 1.165) is 0 Å². The van der Waals surface area contributed by atoms with Crippen molar-refractivity contribution in [3.63, 3.8) is 0 Å². The van der Waals surface area contributed by atoms with Gasteiger partial charge >= 0.3 is 6.18 Å². The van der Waals surface area contributed by atoms with Crippen molar-refractivity contribution >= 4 is 12.2 Å². The first-order valence-corrected chi connectivity index (χ1v) is 4.92. The summed E-state index contributed by atoms with van der Waals surface area (Å²) in [6.45, 7) is -1.94. The molecule has 7 heteroatoms. The molecule has 4 nitrogen and oxygen atoms in total. The summed E-state index contributed by atoms with van der Waals surface area (Å²) in [4.78, 5) is 21.5. The van der Waals surface area contributed by atoms with Crippen LogP contribution in [0.2, 0.25) is 0 Å². The summed E-state index contributed by atoms with van der Waals surface area (Å²) >= 11 is 0. The van der Waals surface area contributed by atoms with Crippen LogP contribution in [0.1, 0.15) is 10.4 Å². The molecule has 0 saturated carbocycles. The summed E-state index contributed by atoms with van der Waals surface area (Å²) in [5.41, 5.74) is 0.350. The predicted octanol–water partition coefficient (Wildman–Crippen LogP) is 1.56. The lowest BCUT2D eigenvalue weighted by Gasteiger charge is -2.09. The van der Waals surface area contributed by atoms with E-state index in [-0.39, 0.29) is 5.75 Å². The van der Waals surface area contributed by atoms with E-state index in [0.29, 0.717) is 11.8 Å². The fourth-order valence-corrected chi connectivity index (χ4v) is 1.08. The van der Waals surface area contributed by atoms with Gasteiger partial charge in [-0.25, -0.2) is 0 Å². The van der Waals surface area contributed by atoms with Gasteiger partial charge in [0, 0.05) is 5.56 Å². The van der Waals surface area contributed by atoms with Crippen LogP contribution in [0.5, 0.6) is 5.75 Å². The van der Waals surface area contributed by atoms with Gasteiger partial charge in [0.2, 0.25) is 0 Å². The molecule has 1 N–H and O–H groups in total. The van der Waals surface area contributed by atoms with Gasteiger partial charge in [-0.05, 0) is 12.1 Å². The Hall–Kier alpha value is -2.05. The van der Waals surface area contributed by atoms with Crippen molar-refractivity contribution in [2.24, 2.45) is 0 Å². The number of rotatable bonds is 5. The number of halogens is 3. The van der Waals surface area contributed by atoms with Crippen molar-refractivity contribution in [3.8, 4) is 5.75 Å². The maximum absolute atomic E-state index is 11.8. The molecule has 0 heterocycles. The van der Waals surface area contributed by atoms with Gasteiger partial charge in [-0.15, -0.1) is 0 Å². The summed E-state index contributed by atoms with van der Waals surface area (Å²) in [7, 11) is 0. The van der Waals surface area contributed by atoms with E-state index < -0.39 is 25.2 Å². The second kappa shape index (κ2) is 6.04. The van der Waals surface area contributed by atoms with Crippen molar-refractivity contribution < 1.29 is 27.5 Å². The van der Waals surface area contributed by atoms with Crippen molar-refractivity contribution in [3.05, 3.63) is 29.8 Å². The lowest BCUT2D eigenvalue weighted by molar-refractivity contribution is -0.139. The largest absolute Gasteiger partial charge is 0.484 e. The zero-order valence-corrected chi connectivity index (χ0v) is 9.16. The van der Waals surface area contributed by atoms with Crippen LogP contribution in [0.15, 0.2) is 24.3 Å². The van der Waals surface area contributed by atoms with Crippen LogP contribution in [0.25, 0.3) is 0 Å². The predicted molar refractivity (Wildman–Crippen MR) is 56.4 cm³/mol. The fourth-order valence-electron chi connectivity index (χ4n) is 1.08. The van der Waals surface area contributed by atoms with E-state index >= 15 is 0 Å². The molecule has 0 aliphatic rings. The Morgan fingerprint density at radius 2 is 2.11 bits per heavy atom. The van der Waals surface area contributed by atoms with Crippen LogP contribution >= 0.6 is 0 Å². The summed E-state index contributed by atoms with van der Waals surface area (Å²) in [6, 6.07) is 5.93. The van der Waals surface area contributed by atoms with Gasteiger partial charge < -0.3 is 10.1 Å². The number of carbonyl (C=O) groups is 2. The smallest absolute Gasteiger partial charge is 0.405 e. The molecule has 1 aromatic carbocycles. The fraction of sp³-hybridized carbons (Fsp3) is 0.273. The molecule has 1 amide bonds. The third-order valence-electron chi connectivity index (χ3n) is 1.85. The first kappa shape index (κ1) is 14.0. The van der Waals surface area contributed by atoms with Crippen LogP contribution in [0, 0.1) is 0 Å². The van der Waals surface area contributed by atoms with Crippen LogP contribution in [-0.2, 0) is 4.79 Å². The molecule has 98 valence electrons. The summed E-state index contributed by atoms with van der Waals surface area (Å²) in [5, 5.41) is 1.66. The highest BCUT2D eigenvalue weighted by Gasteiger charge is 2.27. The summed E-state index contributed by atoms with van der Waals surface area (Å²) in [6.07, 6.45) is -3.86. The second-order valence-corrected chi connectivity index (χ2v) is 3.37. The molecule has 1 rings (SSSR count). The van der Waals surface area contributed by atoms with E-state index in [9.17, 15) is 22.8 Å². The minimum atomic E-state index is -4.45. The number of ether oxygens (including phenoxy) is 1. The Bertz CT molecular complexity index is 432. The third kappa shape index (κ3) is 5.33. The molecule has 18 heavy (non-hydrogen) atoms. The Morgan fingerprint density at radius 1 is 1.39 bits per heavy atom. The molecule has 0 aliphatic carbocycles. The van der Waals surface area contributed by atoms with Gasteiger partial charge in [-0.3, -0.25) is 9.59 Å². The lowest BCUT2D eigenvalue weighted by atomic mass is 10.2. The molecule has 0 spiro atoms. The molecule has 0 unspecified atom stereocenters. The molecule has 0 radical (unpaired) electrons. The van der Waals surface area contributed by atoms with E-state index in [4.69, 9.17) is 4.74 Å². The van der Waals surface area contributed by atoms with Crippen LogP contribution in [0.4, 0.5) is 13.2 Å². The zero-order chi connectivity index (χ0) is 13.6. The van der Waals surface area contributed by atoms with Crippen LogP contribution < -0.4 is 10.1 Å². The Balaban J connectivity index is 2.40. The maximum atomic E-state index is 11.8. The lowest BCUT2D eigenvalue weighted by Crippen LogP contribution is -2.36. The number of hydrogen-bond donors (Lipinski definition) is 1. The van der Waals surface area contributed by atoms with Gasteiger partial charge in [-0.2, -0.15) is 13.2 Å². The van der Waals surface area contributed by atoms with Crippen LogP contribution in [-0.4, -0.2) is 31.5 Å². The van der Waals surface area contributed by atoms with Gasteiger partial charge in [0.25, 0.3) is 5.91 Å². The highest BCUT2D eigenvalue weighted by atomic mass is 19.4. The topological polar surface area (TPSA) is 55.4 Å². The van der Waals surface area contributed by atoms with E-state index in [1.165, 1.54) is 24.3 Å². The molecule has 0 aliphatic heterocycles. The van der Waals surface area contributed by atoms with E-state index in [1.807, 2.05) is 0 Å². The molecule has 0 atom stereocenters. The van der Waals surface area contributed by atoms with Crippen molar-refractivity contribution in [2.45, 2.75) is 6.18 Å². The number of nitrogens with one attached hydrogen (secondary N) is 1. The maximum Gasteiger partial charge on any atom is 0.405 e. The zero-order valence-electron chi connectivity index (χ0n) is 9.16. The number of carbonyl (C=O) groups excluding carboxylic acids is 2. The molecule has 0 fully saturated rings. The number of alkyl halides is 3. The van der Waals surface area contributed by atoms with E-state index in [1.54, 1.807) is 5.32 Å². The first-order valence-electron chi connectivity index (χ1n) is 4.92. The molecule has 0 bridgehead atoms. The number of aldehydes is 1. The highest BCUT2D eigenvalue weighted by molar-refractivity contribution is 5.78. The Labute approximate surface area is 101 Å². The van der Waals surface area contributed by atoms with Gasteiger partial charge in [0.15, 0.2) is 6.61 Å². The van der Waals surface area contributed by atoms with Gasteiger partial charge in [-0.1, -0.05) is 12.1 Å². The minimum absolute atomic E-state index is 0.238. The van der Waals surface area contributed by atoms with Crippen LogP contribution in [0.3, 0.4) is 0 Å². The van der Waals surface area contributed by atoms with Crippen molar-refractivity contribution in [1.29, 1.82) is 0 Å². The average Bonchev–Trinajstić information content (AvgIpc) is 2.33. The van der Waals surface area contributed by atoms with Gasteiger partial charge in [0.05, 0.1) is 0 Å². The minimum Gasteiger partial charge on any atom is -0.484 e. The number of hydrogen-bond acceptors (Lipinski definition) is 3. The Morgan fingerprint density at radius 3 is 2.72 bits per heavy atom. The van der Waals surface area contributed by atoms with Crippen molar-refractivity contribution in [2.75, 3.05) is 13.2 Å². The number of amides is 1. The molecule has 1 aromatic rings.